The normalized spacial score (nSPS) is 12.6. The fourth-order valence-corrected chi connectivity index (χ4v) is 5.23. The Morgan fingerprint density at radius 2 is 1.51 bits per heavy atom. The minimum atomic E-state index is -0.999. The van der Waals surface area contributed by atoms with Gasteiger partial charge in [-0.05, 0) is 50.4 Å². The molecule has 0 aliphatic rings. The minimum absolute atomic E-state index is 0.761. The number of thiazole rings is 1. The van der Waals surface area contributed by atoms with Crippen molar-refractivity contribution >= 4 is 56.4 Å². The van der Waals surface area contributed by atoms with Crippen LogP contribution in [0.3, 0.4) is 0 Å². The van der Waals surface area contributed by atoms with Crippen molar-refractivity contribution in [3.8, 4) is 21.7 Å². The average molecular weight is 504 g/mol. The van der Waals surface area contributed by atoms with Gasteiger partial charge in [-0.15, -0.1) is 11.3 Å². The van der Waals surface area contributed by atoms with E-state index in [1.54, 1.807) is 32.7 Å². The standard InChI is InChI=1S/C31H27BNO3S/c1-30(2,34)31(3,4)36-32-24-12-8-11-22-23-17-25-27(18-26(23)35-28(22)24)37-29(33-25)21-15-13-20(14-16-21)19-9-6-5-7-10-19/h5-18,34H,1-4H3. The molecular weight excluding hydrogens is 477 g/mol. The lowest BCUT2D eigenvalue weighted by molar-refractivity contribution is -0.0893. The number of aromatic nitrogens is 1. The Morgan fingerprint density at radius 1 is 0.811 bits per heavy atom. The van der Waals surface area contributed by atoms with E-state index in [-0.39, 0.29) is 0 Å². The van der Waals surface area contributed by atoms with Gasteiger partial charge in [0.1, 0.15) is 16.2 Å². The summed E-state index contributed by atoms with van der Waals surface area (Å²) in [5.41, 5.74) is 5.11. The van der Waals surface area contributed by atoms with Crippen LogP contribution in [0.1, 0.15) is 27.7 Å². The molecule has 4 nitrogen and oxygen atoms in total. The average Bonchev–Trinajstić information content (AvgIpc) is 3.47. The second-order valence-electron chi connectivity index (χ2n) is 10.4. The summed E-state index contributed by atoms with van der Waals surface area (Å²) in [6, 6.07) is 29.2. The third kappa shape index (κ3) is 4.35. The molecule has 0 saturated heterocycles. The maximum atomic E-state index is 10.4. The quantitative estimate of drug-likeness (QED) is 0.241. The Labute approximate surface area is 220 Å². The third-order valence-corrected chi connectivity index (χ3v) is 8.30. The molecule has 6 heteroatoms. The number of furan rings is 1. The van der Waals surface area contributed by atoms with Crippen LogP contribution >= 0.6 is 11.3 Å². The van der Waals surface area contributed by atoms with Crippen molar-refractivity contribution in [2.45, 2.75) is 38.9 Å². The molecule has 2 aromatic heterocycles. The molecule has 0 spiro atoms. The molecule has 1 N–H and O–H groups in total. The van der Waals surface area contributed by atoms with Crippen LogP contribution in [-0.4, -0.2) is 28.8 Å². The zero-order chi connectivity index (χ0) is 25.8. The van der Waals surface area contributed by atoms with E-state index in [1.165, 1.54) is 11.1 Å². The van der Waals surface area contributed by atoms with Gasteiger partial charge in [0, 0.05) is 22.4 Å². The SMILES string of the molecule is CC(C)(O)C(C)(C)O[B]c1cccc2c1oc1cc3sc(-c4ccc(-c5ccccc5)cc4)nc3cc12. The van der Waals surface area contributed by atoms with E-state index in [9.17, 15) is 5.11 Å². The lowest BCUT2D eigenvalue weighted by Gasteiger charge is -2.37. The molecule has 0 aliphatic heterocycles. The highest BCUT2D eigenvalue weighted by molar-refractivity contribution is 7.21. The van der Waals surface area contributed by atoms with Crippen molar-refractivity contribution in [1.29, 1.82) is 0 Å². The van der Waals surface area contributed by atoms with E-state index in [2.05, 4.69) is 66.7 Å². The zero-order valence-corrected chi connectivity index (χ0v) is 22.1. The van der Waals surface area contributed by atoms with Crippen LogP contribution in [0.4, 0.5) is 0 Å². The van der Waals surface area contributed by atoms with Crippen LogP contribution in [0.15, 0.2) is 89.3 Å². The van der Waals surface area contributed by atoms with E-state index in [4.69, 9.17) is 14.1 Å². The molecule has 37 heavy (non-hydrogen) atoms. The van der Waals surface area contributed by atoms with Gasteiger partial charge in [0.05, 0.1) is 21.4 Å². The Bertz CT molecular complexity index is 1730. The number of hydrogen-bond acceptors (Lipinski definition) is 5. The largest absolute Gasteiger partial charge is 0.456 e. The van der Waals surface area contributed by atoms with Crippen molar-refractivity contribution in [3.63, 3.8) is 0 Å². The van der Waals surface area contributed by atoms with E-state index in [0.29, 0.717) is 0 Å². The molecule has 0 aliphatic carbocycles. The summed E-state index contributed by atoms with van der Waals surface area (Å²) in [6.45, 7) is 7.23. The first-order valence-electron chi connectivity index (χ1n) is 12.3. The molecule has 0 amide bonds. The van der Waals surface area contributed by atoms with E-state index in [1.807, 2.05) is 32.0 Å². The molecule has 0 fully saturated rings. The number of nitrogens with zero attached hydrogens (tertiary/aromatic N) is 1. The van der Waals surface area contributed by atoms with Crippen molar-refractivity contribution < 1.29 is 14.2 Å². The lowest BCUT2D eigenvalue weighted by Crippen LogP contribution is -2.49. The van der Waals surface area contributed by atoms with Gasteiger partial charge in [0.25, 0.3) is 0 Å². The topological polar surface area (TPSA) is 55.5 Å². The highest BCUT2D eigenvalue weighted by Crippen LogP contribution is 2.37. The fraction of sp³-hybridized carbons (Fsp3) is 0.194. The van der Waals surface area contributed by atoms with Crippen molar-refractivity contribution in [1.82, 2.24) is 4.98 Å². The fourth-order valence-electron chi connectivity index (χ4n) is 4.25. The zero-order valence-electron chi connectivity index (χ0n) is 21.3. The van der Waals surface area contributed by atoms with Crippen molar-refractivity contribution in [2.75, 3.05) is 0 Å². The van der Waals surface area contributed by atoms with Gasteiger partial charge in [0.15, 0.2) is 0 Å². The molecule has 183 valence electrons. The lowest BCUT2D eigenvalue weighted by atomic mass is 9.82. The van der Waals surface area contributed by atoms with Crippen LogP contribution in [0.2, 0.25) is 0 Å². The molecule has 1 radical (unpaired) electrons. The van der Waals surface area contributed by atoms with Crippen LogP contribution < -0.4 is 5.46 Å². The first-order valence-corrected chi connectivity index (χ1v) is 13.2. The van der Waals surface area contributed by atoms with E-state index in [0.717, 1.165) is 48.2 Å². The van der Waals surface area contributed by atoms with Gasteiger partial charge in [-0.1, -0.05) is 72.8 Å². The van der Waals surface area contributed by atoms with Crippen LogP contribution in [0, 0.1) is 0 Å². The molecule has 6 aromatic rings. The first-order chi connectivity index (χ1) is 17.7. The molecule has 0 bridgehead atoms. The molecular formula is C31H27BNO3S. The first kappa shape index (κ1) is 23.9. The van der Waals surface area contributed by atoms with Crippen molar-refractivity contribution in [3.05, 3.63) is 84.9 Å². The predicted molar refractivity (Wildman–Crippen MR) is 155 cm³/mol. The summed E-state index contributed by atoms with van der Waals surface area (Å²) in [7, 11) is 1.68. The molecule has 0 saturated carbocycles. The molecule has 2 heterocycles. The summed E-state index contributed by atoms with van der Waals surface area (Å²) >= 11 is 1.67. The highest BCUT2D eigenvalue weighted by atomic mass is 32.1. The van der Waals surface area contributed by atoms with Gasteiger partial charge in [-0.25, -0.2) is 4.98 Å². The molecule has 0 atom stereocenters. The maximum absolute atomic E-state index is 10.4. The van der Waals surface area contributed by atoms with E-state index >= 15 is 0 Å². The molecule has 6 rings (SSSR count). The van der Waals surface area contributed by atoms with Crippen molar-refractivity contribution in [2.24, 2.45) is 0 Å². The Morgan fingerprint density at radius 3 is 2.24 bits per heavy atom. The Hall–Kier alpha value is -3.45. The van der Waals surface area contributed by atoms with Gasteiger partial charge in [-0.2, -0.15) is 0 Å². The van der Waals surface area contributed by atoms with Gasteiger partial charge in [0.2, 0.25) is 0 Å². The number of para-hydroxylation sites is 1. The van der Waals surface area contributed by atoms with Gasteiger partial charge in [-0.3, -0.25) is 0 Å². The predicted octanol–water partition coefficient (Wildman–Crippen LogP) is 7.34. The van der Waals surface area contributed by atoms with Crippen LogP contribution in [-0.2, 0) is 4.65 Å². The maximum Gasteiger partial charge on any atom is 0.334 e. The van der Waals surface area contributed by atoms with Gasteiger partial charge >= 0.3 is 7.48 Å². The Balaban J connectivity index is 1.34. The number of hydrogen-bond donors (Lipinski definition) is 1. The summed E-state index contributed by atoms with van der Waals surface area (Å²) in [4.78, 5) is 4.96. The summed E-state index contributed by atoms with van der Waals surface area (Å²) in [6.07, 6.45) is 0. The summed E-state index contributed by atoms with van der Waals surface area (Å²) in [5, 5.41) is 13.5. The second-order valence-corrected chi connectivity index (χ2v) is 11.4. The molecule has 4 aromatic carbocycles. The smallest absolute Gasteiger partial charge is 0.334 e. The van der Waals surface area contributed by atoms with E-state index < -0.39 is 11.2 Å². The number of rotatable bonds is 6. The third-order valence-electron chi connectivity index (χ3n) is 7.23. The molecule has 0 unspecified atom stereocenters. The summed E-state index contributed by atoms with van der Waals surface area (Å²) < 4.78 is 13.4. The highest BCUT2D eigenvalue weighted by Gasteiger charge is 2.36. The van der Waals surface area contributed by atoms with Crippen LogP contribution in [0.5, 0.6) is 0 Å². The number of benzene rings is 4. The van der Waals surface area contributed by atoms with Gasteiger partial charge < -0.3 is 14.2 Å². The van der Waals surface area contributed by atoms with Crippen LogP contribution in [0.25, 0.3) is 53.9 Å². The Kier molecular flexibility index (Phi) is 5.72. The monoisotopic (exact) mass is 504 g/mol. The second kappa shape index (κ2) is 8.84. The number of aliphatic hydroxyl groups is 1. The summed E-state index contributed by atoms with van der Waals surface area (Å²) in [5.74, 6) is 0. The number of fused-ring (bicyclic) bond motifs is 4. The minimum Gasteiger partial charge on any atom is -0.456 e.